The topological polar surface area (TPSA) is 38.8 Å². The van der Waals surface area contributed by atoms with Crippen LogP contribution in [0.3, 0.4) is 0 Å². The molecule has 0 radical (unpaired) electrons. The molecule has 0 N–H and O–H groups in total. The molecule has 0 saturated heterocycles. The average molecular weight is 219 g/mol. The van der Waals surface area contributed by atoms with Gasteiger partial charge in [-0.2, -0.15) is 0 Å². The number of ether oxygens (including phenoxy) is 2. The summed E-state index contributed by atoms with van der Waals surface area (Å²) in [6.07, 6.45) is 4.05. The van der Waals surface area contributed by atoms with E-state index in [0.717, 1.165) is 23.4 Å². The normalized spacial score (nSPS) is 13.2. The quantitative estimate of drug-likeness (QED) is 0.727. The number of amides is 1. The first-order valence-corrected chi connectivity index (χ1v) is 4.97. The minimum atomic E-state index is -0.398. The van der Waals surface area contributed by atoms with Gasteiger partial charge in [0.2, 0.25) is 0 Å². The summed E-state index contributed by atoms with van der Waals surface area (Å²) >= 11 is 0. The lowest BCUT2D eigenvalue weighted by atomic mass is 10.1. The number of hydrogen-bond donors (Lipinski definition) is 0. The number of methoxy groups -OCH3 is 2. The van der Waals surface area contributed by atoms with Crippen molar-refractivity contribution < 1.29 is 14.3 Å². The van der Waals surface area contributed by atoms with E-state index in [1.165, 1.54) is 12.0 Å². The molecule has 1 aliphatic rings. The number of carbonyl (C=O) groups excluding carboxylic acids is 1. The van der Waals surface area contributed by atoms with Gasteiger partial charge in [-0.05, 0) is 18.1 Å². The Bertz CT molecular complexity index is 440. The molecule has 0 fully saturated rings. The number of carbonyl (C=O) groups is 1. The first kappa shape index (κ1) is 10.5. The largest absolute Gasteiger partial charge is 0.497 e. The van der Waals surface area contributed by atoms with Gasteiger partial charge in [-0.15, -0.1) is 0 Å². The highest BCUT2D eigenvalue weighted by Gasteiger charge is 2.20. The van der Waals surface area contributed by atoms with Crippen LogP contribution in [0.25, 0.3) is 0 Å². The van der Waals surface area contributed by atoms with E-state index >= 15 is 0 Å². The standard InChI is InChI=1S/C12H13NO3/c1-15-10-6-5-9-4-3-7-13(11(9)8-10)12(14)16-2/h3,5-8H,4H2,1-2H3. The molecule has 1 aromatic rings. The predicted molar refractivity (Wildman–Crippen MR) is 60.7 cm³/mol. The minimum absolute atomic E-state index is 0.398. The molecule has 16 heavy (non-hydrogen) atoms. The van der Waals surface area contributed by atoms with Crippen LogP contribution in [0.2, 0.25) is 0 Å². The zero-order valence-electron chi connectivity index (χ0n) is 9.27. The Hall–Kier alpha value is -1.97. The van der Waals surface area contributed by atoms with Gasteiger partial charge >= 0.3 is 6.09 Å². The molecule has 4 heteroatoms. The summed E-state index contributed by atoms with van der Waals surface area (Å²) in [5, 5.41) is 0. The molecule has 0 saturated carbocycles. The highest BCUT2D eigenvalue weighted by atomic mass is 16.5. The van der Waals surface area contributed by atoms with E-state index in [1.54, 1.807) is 13.3 Å². The van der Waals surface area contributed by atoms with E-state index in [9.17, 15) is 4.79 Å². The molecule has 0 spiro atoms. The van der Waals surface area contributed by atoms with E-state index in [-0.39, 0.29) is 0 Å². The fourth-order valence-corrected chi connectivity index (χ4v) is 1.69. The molecule has 1 amide bonds. The molecular weight excluding hydrogens is 206 g/mol. The second kappa shape index (κ2) is 4.26. The third-order valence-electron chi connectivity index (χ3n) is 2.52. The lowest BCUT2D eigenvalue weighted by Crippen LogP contribution is -2.27. The lowest BCUT2D eigenvalue weighted by molar-refractivity contribution is 0.181. The van der Waals surface area contributed by atoms with Gasteiger partial charge in [0.05, 0.1) is 19.9 Å². The highest BCUT2D eigenvalue weighted by Crippen LogP contribution is 2.30. The Kier molecular flexibility index (Phi) is 2.81. The molecular formula is C12H13NO3. The Morgan fingerprint density at radius 3 is 2.88 bits per heavy atom. The number of benzene rings is 1. The van der Waals surface area contributed by atoms with Crippen LogP contribution in [0.15, 0.2) is 30.5 Å². The number of nitrogens with zero attached hydrogens (tertiary/aromatic N) is 1. The van der Waals surface area contributed by atoms with E-state index in [4.69, 9.17) is 9.47 Å². The Labute approximate surface area is 94.1 Å². The molecule has 0 aliphatic carbocycles. The van der Waals surface area contributed by atoms with Crippen molar-refractivity contribution in [2.24, 2.45) is 0 Å². The summed E-state index contributed by atoms with van der Waals surface area (Å²) in [6.45, 7) is 0. The van der Waals surface area contributed by atoms with E-state index in [2.05, 4.69) is 0 Å². The maximum Gasteiger partial charge on any atom is 0.418 e. The smallest absolute Gasteiger partial charge is 0.418 e. The fourth-order valence-electron chi connectivity index (χ4n) is 1.69. The van der Waals surface area contributed by atoms with Crippen molar-refractivity contribution in [1.29, 1.82) is 0 Å². The van der Waals surface area contributed by atoms with Crippen molar-refractivity contribution in [2.75, 3.05) is 19.1 Å². The lowest BCUT2D eigenvalue weighted by Gasteiger charge is -2.23. The second-order valence-corrected chi connectivity index (χ2v) is 3.42. The van der Waals surface area contributed by atoms with Crippen molar-refractivity contribution in [3.63, 3.8) is 0 Å². The van der Waals surface area contributed by atoms with Crippen molar-refractivity contribution in [1.82, 2.24) is 0 Å². The number of allylic oxidation sites excluding steroid dienone is 1. The van der Waals surface area contributed by atoms with E-state index in [1.807, 2.05) is 24.3 Å². The zero-order valence-corrected chi connectivity index (χ0v) is 9.27. The third-order valence-corrected chi connectivity index (χ3v) is 2.52. The SMILES string of the molecule is COC(=O)N1C=CCc2ccc(OC)cc21. The molecule has 2 rings (SSSR count). The molecule has 84 valence electrons. The number of fused-ring (bicyclic) bond motifs is 1. The summed E-state index contributed by atoms with van der Waals surface area (Å²) in [6, 6.07) is 5.66. The molecule has 4 nitrogen and oxygen atoms in total. The highest BCUT2D eigenvalue weighted by molar-refractivity contribution is 5.91. The van der Waals surface area contributed by atoms with Crippen molar-refractivity contribution in [2.45, 2.75) is 6.42 Å². The maximum atomic E-state index is 11.5. The van der Waals surface area contributed by atoms with E-state index in [0.29, 0.717) is 0 Å². The molecule has 1 aliphatic heterocycles. The van der Waals surface area contributed by atoms with Gasteiger partial charge in [-0.1, -0.05) is 12.1 Å². The zero-order chi connectivity index (χ0) is 11.5. The van der Waals surface area contributed by atoms with E-state index < -0.39 is 6.09 Å². The van der Waals surface area contributed by atoms with Crippen LogP contribution in [0.1, 0.15) is 5.56 Å². The number of rotatable bonds is 1. The van der Waals surface area contributed by atoms with Gasteiger partial charge in [0.15, 0.2) is 0 Å². The maximum absolute atomic E-state index is 11.5. The van der Waals surface area contributed by atoms with Crippen LogP contribution in [0.4, 0.5) is 10.5 Å². The molecule has 1 aromatic carbocycles. The Morgan fingerprint density at radius 2 is 2.19 bits per heavy atom. The van der Waals surface area contributed by atoms with Gasteiger partial charge in [0, 0.05) is 12.3 Å². The van der Waals surface area contributed by atoms with Crippen LogP contribution in [0.5, 0.6) is 5.75 Å². The van der Waals surface area contributed by atoms with Crippen molar-refractivity contribution in [3.05, 3.63) is 36.0 Å². The predicted octanol–water partition coefficient (Wildman–Crippen LogP) is 2.34. The Balaban J connectivity index is 2.42. The average Bonchev–Trinajstić information content (AvgIpc) is 2.36. The minimum Gasteiger partial charge on any atom is -0.497 e. The summed E-state index contributed by atoms with van der Waals surface area (Å²) in [5.41, 5.74) is 1.89. The molecule has 0 aromatic heterocycles. The van der Waals surface area contributed by atoms with Crippen LogP contribution in [-0.4, -0.2) is 20.3 Å². The molecule has 1 heterocycles. The van der Waals surface area contributed by atoms with Crippen molar-refractivity contribution in [3.8, 4) is 5.75 Å². The molecule has 0 atom stereocenters. The van der Waals surface area contributed by atoms with Gasteiger partial charge in [0.1, 0.15) is 5.75 Å². The second-order valence-electron chi connectivity index (χ2n) is 3.42. The fraction of sp³-hybridized carbons (Fsp3) is 0.250. The number of anilines is 1. The van der Waals surface area contributed by atoms with Crippen LogP contribution in [-0.2, 0) is 11.2 Å². The molecule has 0 unspecified atom stereocenters. The Morgan fingerprint density at radius 1 is 1.38 bits per heavy atom. The molecule has 0 bridgehead atoms. The summed E-state index contributed by atoms with van der Waals surface area (Å²) in [5.74, 6) is 0.725. The van der Waals surface area contributed by atoms with Gasteiger partial charge in [-0.25, -0.2) is 4.79 Å². The summed E-state index contributed by atoms with van der Waals surface area (Å²) < 4.78 is 9.85. The number of hydrogen-bond acceptors (Lipinski definition) is 3. The first-order chi connectivity index (χ1) is 7.76. The van der Waals surface area contributed by atoms with Gasteiger partial charge in [-0.3, -0.25) is 4.90 Å². The van der Waals surface area contributed by atoms with Crippen LogP contribution in [0, 0.1) is 0 Å². The van der Waals surface area contributed by atoms with Gasteiger partial charge in [0.25, 0.3) is 0 Å². The van der Waals surface area contributed by atoms with Crippen LogP contribution < -0.4 is 9.64 Å². The van der Waals surface area contributed by atoms with Crippen LogP contribution >= 0.6 is 0 Å². The summed E-state index contributed by atoms with van der Waals surface area (Å²) in [4.78, 5) is 13.0. The summed E-state index contributed by atoms with van der Waals surface area (Å²) in [7, 11) is 2.97. The van der Waals surface area contributed by atoms with Gasteiger partial charge < -0.3 is 9.47 Å². The monoisotopic (exact) mass is 219 g/mol. The first-order valence-electron chi connectivity index (χ1n) is 4.97. The van der Waals surface area contributed by atoms with Crippen molar-refractivity contribution >= 4 is 11.8 Å². The third kappa shape index (κ3) is 1.74.